The molecule has 2 aromatic rings. The van der Waals surface area contributed by atoms with Crippen molar-refractivity contribution in [1.29, 1.82) is 0 Å². The third-order valence-corrected chi connectivity index (χ3v) is 3.31. The van der Waals surface area contributed by atoms with Crippen molar-refractivity contribution in [1.82, 2.24) is 0 Å². The fourth-order valence-electron chi connectivity index (χ4n) is 2.06. The number of nitro benzene ring substituents is 1. The number of nitrogens with one attached hydrogen (secondary N) is 1. The number of rotatable bonds is 6. The molecule has 0 aliphatic heterocycles. The first-order chi connectivity index (χ1) is 11.8. The van der Waals surface area contributed by atoms with Gasteiger partial charge in [0.2, 0.25) is 0 Å². The minimum atomic E-state index is -1.40. The number of carbonyl (C=O) groups excluding carboxylic acids is 1. The van der Waals surface area contributed by atoms with E-state index in [0.717, 1.165) is 18.2 Å². The van der Waals surface area contributed by atoms with Gasteiger partial charge in [-0.15, -0.1) is 0 Å². The molecule has 1 amide bonds. The van der Waals surface area contributed by atoms with Gasteiger partial charge in [-0.2, -0.15) is 0 Å². The van der Waals surface area contributed by atoms with Crippen LogP contribution in [0.3, 0.4) is 0 Å². The zero-order valence-corrected chi connectivity index (χ0v) is 13.3. The van der Waals surface area contributed by atoms with E-state index in [1.165, 1.54) is 26.4 Å². The van der Waals surface area contributed by atoms with Crippen LogP contribution in [0.25, 0.3) is 0 Å². The Morgan fingerprint density at radius 1 is 1.08 bits per heavy atom. The van der Waals surface area contributed by atoms with E-state index in [4.69, 9.17) is 9.47 Å². The van der Waals surface area contributed by atoms with Crippen molar-refractivity contribution in [2.24, 2.45) is 0 Å². The van der Waals surface area contributed by atoms with Gasteiger partial charge < -0.3 is 19.9 Å². The number of aromatic carboxylic acids is 1. The first-order valence-corrected chi connectivity index (χ1v) is 6.92. The van der Waals surface area contributed by atoms with Crippen molar-refractivity contribution in [2.75, 3.05) is 19.5 Å². The summed E-state index contributed by atoms with van der Waals surface area (Å²) < 4.78 is 10.1. The normalized spacial score (nSPS) is 10.0. The Morgan fingerprint density at radius 3 is 2.16 bits per heavy atom. The molecule has 0 heterocycles. The fraction of sp³-hybridized carbons (Fsp3) is 0.125. The maximum atomic E-state index is 12.4. The van der Waals surface area contributed by atoms with Crippen LogP contribution in [0.2, 0.25) is 0 Å². The van der Waals surface area contributed by atoms with E-state index in [1.807, 2.05) is 0 Å². The number of methoxy groups -OCH3 is 2. The molecule has 0 unspecified atom stereocenters. The van der Waals surface area contributed by atoms with Crippen LogP contribution in [0.15, 0.2) is 36.4 Å². The number of carboxylic acids is 1. The predicted octanol–water partition coefficient (Wildman–Crippen LogP) is 2.56. The van der Waals surface area contributed by atoms with Crippen LogP contribution in [-0.2, 0) is 0 Å². The van der Waals surface area contributed by atoms with E-state index >= 15 is 0 Å². The van der Waals surface area contributed by atoms with Gasteiger partial charge in [-0.3, -0.25) is 14.9 Å². The molecule has 0 bridgehead atoms. The summed E-state index contributed by atoms with van der Waals surface area (Å²) in [5.41, 5.74) is -0.674. The number of carbonyl (C=O) groups is 2. The second kappa shape index (κ2) is 7.30. The van der Waals surface area contributed by atoms with Crippen molar-refractivity contribution in [3.63, 3.8) is 0 Å². The average Bonchev–Trinajstić information content (AvgIpc) is 2.60. The molecule has 0 saturated carbocycles. The molecule has 9 nitrogen and oxygen atoms in total. The predicted molar refractivity (Wildman–Crippen MR) is 87.6 cm³/mol. The highest BCUT2D eigenvalue weighted by molar-refractivity contribution is 6.08. The quantitative estimate of drug-likeness (QED) is 0.607. The van der Waals surface area contributed by atoms with Crippen molar-refractivity contribution in [3.8, 4) is 11.5 Å². The maximum Gasteiger partial charge on any atom is 0.338 e. The summed E-state index contributed by atoms with van der Waals surface area (Å²) in [6, 6.07) is 7.62. The van der Waals surface area contributed by atoms with Gasteiger partial charge in [0, 0.05) is 23.8 Å². The molecule has 0 radical (unpaired) electrons. The number of ether oxygens (including phenoxy) is 2. The molecule has 0 aliphatic rings. The third kappa shape index (κ3) is 4.02. The van der Waals surface area contributed by atoms with Gasteiger partial charge in [-0.05, 0) is 18.2 Å². The Bertz CT molecular complexity index is 826. The summed E-state index contributed by atoms with van der Waals surface area (Å²) in [5.74, 6) is -1.26. The lowest BCUT2D eigenvalue weighted by atomic mass is 10.1. The van der Waals surface area contributed by atoms with E-state index in [-0.39, 0.29) is 11.3 Å². The van der Waals surface area contributed by atoms with Crippen LogP contribution in [0.4, 0.5) is 11.4 Å². The van der Waals surface area contributed by atoms with Gasteiger partial charge in [-0.25, -0.2) is 4.79 Å². The van der Waals surface area contributed by atoms with E-state index in [0.29, 0.717) is 11.5 Å². The monoisotopic (exact) mass is 346 g/mol. The number of carboxylic acid groups (broad SMARTS) is 1. The largest absolute Gasteiger partial charge is 0.497 e. The topological polar surface area (TPSA) is 128 Å². The van der Waals surface area contributed by atoms with E-state index < -0.39 is 28.1 Å². The van der Waals surface area contributed by atoms with Crippen molar-refractivity contribution in [3.05, 3.63) is 57.6 Å². The molecule has 0 fully saturated rings. The highest BCUT2D eigenvalue weighted by Crippen LogP contribution is 2.25. The second-order valence-electron chi connectivity index (χ2n) is 4.85. The lowest BCUT2D eigenvalue weighted by molar-refractivity contribution is -0.384. The van der Waals surface area contributed by atoms with E-state index in [9.17, 15) is 24.8 Å². The van der Waals surface area contributed by atoms with Gasteiger partial charge in [0.15, 0.2) is 0 Å². The highest BCUT2D eigenvalue weighted by Gasteiger charge is 2.18. The molecule has 9 heteroatoms. The molecular formula is C16H14N2O7. The first kappa shape index (κ1) is 17.7. The van der Waals surface area contributed by atoms with Gasteiger partial charge >= 0.3 is 5.97 Å². The van der Waals surface area contributed by atoms with Gasteiger partial charge in [0.1, 0.15) is 11.5 Å². The minimum absolute atomic E-state index is 0.0649. The number of hydrogen-bond acceptors (Lipinski definition) is 6. The number of amides is 1. The van der Waals surface area contributed by atoms with Crippen molar-refractivity contribution in [2.45, 2.75) is 0 Å². The van der Waals surface area contributed by atoms with Crippen molar-refractivity contribution < 1.29 is 29.1 Å². The van der Waals surface area contributed by atoms with E-state index in [1.54, 1.807) is 6.07 Å². The first-order valence-electron chi connectivity index (χ1n) is 6.92. The summed E-state index contributed by atoms with van der Waals surface area (Å²) >= 11 is 0. The van der Waals surface area contributed by atoms with Gasteiger partial charge in [0.25, 0.3) is 11.6 Å². The van der Waals surface area contributed by atoms with Crippen LogP contribution in [0.5, 0.6) is 11.5 Å². The summed E-state index contributed by atoms with van der Waals surface area (Å²) in [4.78, 5) is 33.7. The van der Waals surface area contributed by atoms with E-state index in [2.05, 4.69) is 5.32 Å². The summed E-state index contributed by atoms with van der Waals surface area (Å²) in [6.07, 6.45) is 0. The van der Waals surface area contributed by atoms with Crippen LogP contribution in [-0.4, -0.2) is 36.1 Å². The summed E-state index contributed by atoms with van der Waals surface area (Å²) in [6.45, 7) is 0. The molecule has 0 saturated heterocycles. The van der Waals surface area contributed by atoms with Gasteiger partial charge in [-0.1, -0.05) is 0 Å². The molecule has 2 N–H and O–H groups in total. The second-order valence-corrected chi connectivity index (χ2v) is 4.85. The van der Waals surface area contributed by atoms with Crippen LogP contribution in [0, 0.1) is 10.1 Å². The maximum absolute atomic E-state index is 12.4. The number of nitrogens with zero attached hydrogens (tertiary/aromatic N) is 1. The SMILES string of the molecule is COc1cc(OC)cc(C(=O)Nc2ccc([N+](=O)[O-])cc2C(=O)O)c1. The number of hydrogen-bond donors (Lipinski definition) is 2. The molecule has 25 heavy (non-hydrogen) atoms. The Morgan fingerprint density at radius 2 is 1.68 bits per heavy atom. The molecule has 0 atom stereocenters. The van der Waals surface area contributed by atoms with Crippen LogP contribution >= 0.6 is 0 Å². The van der Waals surface area contributed by atoms with Gasteiger partial charge in [0.05, 0.1) is 30.4 Å². The average molecular weight is 346 g/mol. The number of anilines is 1. The fourth-order valence-corrected chi connectivity index (χ4v) is 2.06. The Kier molecular flexibility index (Phi) is 5.18. The van der Waals surface area contributed by atoms with Crippen LogP contribution < -0.4 is 14.8 Å². The molecule has 2 aromatic carbocycles. The highest BCUT2D eigenvalue weighted by atomic mass is 16.6. The lowest BCUT2D eigenvalue weighted by Crippen LogP contribution is -2.15. The van der Waals surface area contributed by atoms with Crippen molar-refractivity contribution >= 4 is 23.3 Å². The Labute approximate surface area is 141 Å². The molecule has 0 spiro atoms. The number of benzene rings is 2. The number of non-ortho nitro benzene ring substituents is 1. The third-order valence-electron chi connectivity index (χ3n) is 3.31. The molecule has 0 aliphatic carbocycles. The standard InChI is InChI=1S/C16H14N2O7/c1-24-11-5-9(6-12(8-11)25-2)15(19)17-14-4-3-10(18(22)23)7-13(14)16(20)21/h3-8H,1-2H3,(H,17,19)(H,20,21). The molecule has 2 rings (SSSR count). The lowest BCUT2D eigenvalue weighted by Gasteiger charge is -2.11. The molecule has 130 valence electrons. The minimum Gasteiger partial charge on any atom is -0.497 e. The smallest absolute Gasteiger partial charge is 0.338 e. The Balaban J connectivity index is 2.37. The zero-order valence-electron chi connectivity index (χ0n) is 13.3. The molecular weight excluding hydrogens is 332 g/mol. The zero-order chi connectivity index (χ0) is 18.6. The molecule has 0 aromatic heterocycles. The van der Waals surface area contributed by atoms with Crippen LogP contribution in [0.1, 0.15) is 20.7 Å². The summed E-state index contributed by atoms with van der Waals surface area (Å²) in [5, 5.41) is 22.4. The Hall–Kier alpha value is -3.62. The summed E-state index contributed by atoms with van der Waals surface area (Å²) in [7, 11) is 2.85. The number of nitro groups is 1.